The van der Waals surface area contributed by atoms with Crippen LogP contribution >= 0.6 is 0 Å². The first kappa shape index (κ1) is 9.93. The monoisotopic (exact) mass is 199 g/mol. The van der Waals surface area contributed by atoms with Crippen LogP contribution in [-0.4, -0.2) is 46.8 Å². The summed E-state index contributed by atoms with van der Waals surface area (Å²) >= 11 is 0. The van der Waals surface area contributed by atoms with E-state index in [1.54, 1.807) is 0 Å². The molecule has 4 nitrogen and oxygen atoms in total. The van der Waals surface area contributed by atoms with Crippen molar-refractivity contribution in [3.63, 3.8) is 0 Å². The highest BCUT2D eigenvalue weighted by Crippen LogP contribution is 2.31. The van der Waals surface area contributed by atoms with Crippen LogP contribution in [0.3, 0.4) is 0 Å². The van der Waals surface area contributed by atoms with Crippen molar-refractivity contribution in [1.82, 2.24) is 4.90 Å². The molecule has 0 aromatic carbocycles. The summed E-state index contributed by atoms with van der Waals surface area (Å²) in [7, 11) is 0. The molecule has 3 heterocycles. The SMILES string of the molecule is O=C(O)CC1CN2CCC(CC2)C1O. The van der Waals surface area contributed by atoms with E-state index < -0.39 is 12.1 Å². The minimum Gasteiger partial charge on any atom is -0.481 e. The zero-order valence-electron chi connectivity index (χ0n) is 8.22. The largest absolute Gasteiger partial charge is 0.481 e. The van der Waals surface area contributed by atoms with Gasteiger partial charge in [-0.1, -0.05) is 0 Å². The Bertz CT molecular complexity index is 223. The summed E-state index contributed by atoms with van der Waals surface area (Å²) in [5.41, 5.74) is 0. The number of nitrogens with zero attached hydrogens (tertiary/aromatic N) is 1. The minimum absolute atomic E-state index is 0.0671. The fourth-order valence-electron chi connectivity index (χ4n) is 2.71. The van der Waals surface area contributed by atoms with Crippen molar-refractivity contribution in [1.29, 1.82) is 0 Å². The summed E-state index contributed by atoms with van der Waals surface area (Å²) in [6, 6.07) is 0. The zero-order valence-corrected chi connectivity index (χ0v) is 8.22. The first-order chi connectivity index (χ1) is 6.66. The number of aliphatic hydroxyl groups excluding tert-OH is 1. The standard InChI is InChI=1S/C10H17NO3/c12-9(13)5-8-6-11-3-1-7(2-4-11)10(8)14/h7-8,10,14H,1-6H2,(H,12,13). The number of carboxylic acids is 1. The number of carboxylic acid groups (broad SMARTS) is 1. The van der Waals surface area contributed by atoms with E-state index in [2.05, 4.69) is 4.90 Å². The number of aliphatic hydroxyl groups is 1. The second-order valence-electron chi connectivity index (χ2n) is 4.49. The van der Waals surface area contributed by atoms with Gasteiger partial charge in [0.2, 0.25) is 0 Å². The lowest BCUT2D eigenvalue weighted by molar-refractivity contribution is -0.139. The molecule has 14 heavy (non-hydrogen) atoms. The Morgan fingerprint density at radius 1 is 1.36 bits per heavy atom. The highest BCUT2D eigenvalue weighted by Gasteiger charge is 2.37. The number of piperidine rings is 1. The van der Waals surface area contributed by atoms with E-state index in [-0.39, 0.29) is 12.3 Å². The van der Waals surface area contributed by atoms with Gasteiger partial charge in [-0.2, -0.15) is 0 Å². The summed E-state index contributed by atoms with van der Waals surface area (Å²) in [5, 5.41) is 18.7. The maximum atomic E-state index is 10.6. The van der Waals surface area contributed by atoms with E-state index in [4.69, 9.17) is 5.11 Å². The molecule has 0 saturated carbocycles. The fourth-order valence-corrected chi connectivity index (χ4v) is 2.71. The smallest absolute Gasteiger partial charge is 0.303 e. The van der Waals surface area contributed by atoms with Crippen molar-refractivity contribution in [3.05, 3.63) is 0 Å². The van der Waals surface area contributed by atoms with Crippen LogP contribution in [-0.2, 0) is 4.79 Å². The van der Waals surface area contributed by atoms with E-state index in [9.17, 15) is 9.90 Å². The molecule has 3 rings (SSSR count). The molecule has 80 valence electrons. The molecule has 2 unspecified atom stereocenters. The van der Waals surface area contributed by atoms with Crippen molar-refractivity contribution < 1.29 is 15.0 Å². The molecule has 2 bridgehead atoms. The van der Waals surface area contributed by atoms with Crippen molar-refractivity contribution in [2.45, 2.75) is 25.4 Å². The van der Waals surface area contributed by atoms with Crippen LogP contribution in [0.1, 0.15) is 19.3 Å². The fraction of sp³-hybridized carbons (Fsp3) is 0.900. The normalized spacial score (nSPS) is 42.1. The predicted molar refractivity (Wildman–Crippen MR) is 50.9 cm³/mol. The Kier molecular flexibility index (Phi) is 2.74. The quantitative estimate of drug-likeness (QED) is 0.665. The Hall–Kier alpha value is -0.610. The van der Waals surface area contributed by atoms with Crippen molar-refractivity contribution in [2.24, 2.45) is 11.8 Å². The summed E-state index contributed by atoms with van der Waals surface area (Å²) in [6.07, 6.45) is 1.75. The molecule has 0 aromatic rings. The highest BCUT2D eigenvalue weighted by molar-refractivity contribution is 5.67. The van der Waals surface area contributed by atoms with Gasteiger partial charge in [0, 0.05) is 12.5 Å². The molecule has 3 aliphatic rings. The molecule has 0 radical (unpaired) electrons. The van der Waals surface area contributed by atoms with E-state index >= 15 is 0 Å². The van der Waals surface area contributed by atoms with Crippen LogP contribution in [0, 0.1) is 11.8 Å². The topological polar surface area (TPSA) is 60.8 Å². The molecule has 2 atom stereocenters. The van der Waals surface area contributed by atoms with Gasteiger partial charge in [-0.15, -0.1) is 0 Å². The molecule has 3 fully saturated rings. The van der Waals surface area contributed by atoms with Crippen LogP contribution < -0.4 is 0 Å². The molecule has 4 heteroatoms. The van der Waals surface area contributed by atoms with Crippen molar-refractivity contribution in [3.8, 4) is 0 Å². The molecule has 2 N–H and O–H groups in total. The van der Waals surface area contributed by atoms with Gasteiger partial charge in [0.05, 0.1) is 12.5 Å². The lowest BCUT2D eigenvalue weighted by Crippen LogP contribution is -2.32. The Labute approximate surface area is 83.5 Å². The third kappa shape index (κ3) is 1.91. The Morgan fingerprint density at radius 2 is 2.00 bits per heavy atom. The molecule has 3 aliphatic heterocycles. The first-order valence-corrected chi connectivity index (χ1v) is 5.29. The van der Waals surface area contributed by atoms with E-state index in [0.29, 0.717) is 5.92 Å². The number of hydrogen-bond donors (Lipinski definition) is 2. The van der Waals surface area contributed by atoms with Gasteiger partial charge in [0.1, 0.15) is 0 Å². The van der Waals surface area contributed by atoms with E-state index in [1.165, 1.54) is 0 Å². The molecular weight excluding hydrogens is 182 g/mol. The van der Waals surface area contributed by atoms with Crippen molar-refractivity contribution in [2.75, 3.05) is 19.6 Å². The lowest BCUT2D eigenvalue weighted by Gasteiger charge is -2.27. The van der Waals surface area contributed by atoms with Crippen LogP contribution in [0.2, 0.25) is 0 Å². The Morgan fingerprint density at radius 3 is 2.57 bits per heavy atom. The molecule has 0 aromatic heterocycles. The Balaban J connectivity index is 2.06. The number of hydrogen-bond acceptors (Lipinski definition) is 3. The van der Waals surface area contributed by atoms with Gasteiger partial charge in [-0.25, -0.2) is 0 Å². The second-order valence-corrected chi connectivity index (χ2v) is 4.49. The summed E-state index contributed by atoms with van der Waals surface area (Å²) < 4.78 is 0. The third-order valence-corrected chi connectivity index (χ3v) is 3.53. The van der Waals surface area contributed by atoms with Crippen LogP contribution in [0.5, 0.6) is 0 Å². The summed E-state index contributed by atoms with van der Waals surface area (Å²) in [5.74, 6) is -0.530. The van der Waals surface area contributed by atoms with Gasteiger partial charge in [0.15, 0.2) is 0 Å². The average Bonchev–Trinajstić information content (AvgIpc) is 2.36. The summed E-state index contributed by atoms with van der Waals surface area (Å²) in [4.78, 5) is 12.9. The van der Waals surface area contributed by atoms with Gasteiger partial charge in [0.25, 0.3) is 0 Å². The summed E-state index contributed by atoms with van der Waals surface area (Å²) in [6.45, 7) is 2.81. The maximum absolute atomic E-state index is 10.6. The van der Waals surface area contributed by atoms with E-state index in [0.717, 1.165) is 32.5 Å². The number of fused-ring (bicyclic) bond motifs is 4. The van der Waals surface area contributed by atoms with Gasteiger partial charge in [-0.3, -0.25) is 4.79 Å². The number of aliphatic carboxylic acids is 1. The maximum Gasteiger partial charge on any atom is 0.303 e. The van der Waals surface area contributed by atoms with E-state index in [1.807, 2.05) is 0 Å². The molecule has 3 saturated heterocycles. The highest BCUT2D eigenvalue weighted by atomic mass is 16.4. The number of carbonyl (C=O) groups is 1. The molecule has 0 spiro atoms. The second kappa shape index (κ2) is 3.87. The van der Waals surface area contributed by atoms with Gasteiger partial charge >= 0.3 is 5.97 Å². The number of rotatable bonds is 2. The zero-order chi connectivity index (χ0) is 10.1. The molecule has 0 amide bonds. The van der Waals surface area contributed by atoms with Crippen LogP contribution in [0.4, 0.5) is 0 Å². The van der Waals surface area contributed by atoms with Crippen LogP contribution in [0.15, 0.2) is 0 Å². The molecule has 0 aliphatic carbocycles. The average molecular weight is 199 g/mol. The minimum atomic E-state index is -0.795. The third-order valence-electron chi connectivity index (χ3n) is 3.53. The molecular formula is C10H17NO3. The van der Waals surface area contributed by atoms with Gasteiger partial charge in [-0.05, 0) is 31.8 Å². The lowest BCUT2D eigenvalue weighted by atomic mass is 9.86. The first-order valence-electron chi connectivity index (χ1n) is 5.29. The van der Waals surface area contributed by atoms with Crippen LogP contribution in [0.25, 0.3) is 0 Å². The predicted octanol–water partition coefficient (Wildman–Crippen LogP) is 0.164. The van der Waals surface area contributed by atoms with Gasteiger partial charge < -0.3 is 15.1 Å². The van der Waals surface area contributed by atoms with Crippen molar-refractivity contribution >= 4 is 5.97 Å².